The summed E-state index contributed by atoms with van der Waals surface area (Å²) in [7, 11) is 2.18. The summed E-state index contributed by atoms with van der Waals surface area (Å²) < 4.78 is 0. The zero-order chi connectivity index (χ0) is 10.3. The zero-order valence-corrected chi connectivity index (χ0v) is 9.59. The fourth-order valence-electron chi connectivity index (χ4n) is 2.03. The van der Waals surface area contributed by atoms with Gasteiger partial charge >= 0.3 is 0 Å². The van der Waals surface area contributed by atoms with E-state index in [1.165, 1.54) is 16.7 Å². The van der Waals surface area contributed by atoms with Gasteiger partial charge in [-0.3, -0.25) is 4.90 Å². The van der Waals surface area contributed by atoms with Crippen LogP contribution in [0.15, 0.2) is 18.2 Å². The number of rotatable bonds is 0. The van der Waals surface area contributed by atoms with E-state index in [-0.39, 0.29) is 5.41 Å². The molecule has 0 aromatic heterocycles. The molecule has 0 bridgehead atoms. The monoisotopic (exact) mass is 189 g/mol. The van der Waals surface area contributed by atoms with Crippen LogP contribution in [0.1, 0.15) is 37.5 Å². The lowest BCUT2D eigenvalue weighted by Crippen LogP contribution is -2.11. The second-order valence-corrected chi connectivity index (χ2v) is 5.41. The maximum atomic E-state index is 2.37. The van der Waals surface area contributed by atoms with Crippen molar-refractivity contribution < 1.29 is 0 Å². The summed E-state index contributed by atoms with van der Waals surface area (Å²) in [4.78, 5) is 2.36. The standard InChI is InChI=1S/C13H19N/c1-13(2,3)12-6-5-10-8-14(4)9-11(10)7-12/h5-7H,8-9H2,1-4H3. The van der Waals surface area contributed by atoms with Gasteiger partial charge in [0.15, 0.2) is 0 Å². The molecule has 0 fully saturated rings. The highest BCUT2D eigenvalue weighted by Gasteiger charge is 2.19. The third-order valence-corrected chi connectivity index (χ3v) is 2.95. The Morgan fingerprint density at radius 3 is 2.36 bits per heavy atom. The van der Waals surface area contributed by atoms with Crippen molar-refractivity contribution in [3.8, 4) is 0 Å². The maximum Gasteiger partial charge on any atom is 0.0237 e. The van der Waals surface area contributed by atoms with E-state index >= 15 is 0 Å². The molecule has 1 nitrogen and oxygen atoms in total. The molecule has 1 aromatic carbocycles. The Balaban J connectivity index is 2.38. The topological polar surface area (TPSA) is 3.24 Å². The molecule has 0 unspecified atom stereocenters. The van der Waals surface area contributed by atoms with E-state index in [1.807, 2.05) is 0 Å². The van der Waals surface area contributed by atoms with E-state index in [1.54, 1.807) is 0 Å². The highest BCUT2D eigenvalue weighted by atomic mass is 15.1. The number of hydrogen-bond acceptors (Lipinski definition) is 1. The molecule has 76 valence electrons. The summed E-state index contributed by atoms with van der Waals surface area (Å²) in [6.07, 6.45) is 0. The van der Waals surface area contributed by atoms with Gasteiger partial charge in [-0.1, -0.05) is 39.0 Å². The fraction of sp³-hybridized carbons (Fsp3) is 0.538. The Kier molecular flexibility index (Phi) is 2.15. The number of nitrogens with zero attached hydrogens (tertiary/aromatic N) is 1. The van der Waals surface area contributed by atoms with Crippen LogP contribution in [0.3, 0.4) is 0 Å². The van der Waals surface area contributed by atoms with E-state index in [0.29, 0.717) is 0 Å². The second-order valence-electron chi connectivity index (χ2n) is 5.41. The Morgan fingerprint density at radius 2 is 1.71 bits per heavy atom. The maximum absolute atomic E-state index is 2.37. The van der Waals surface area contributed by atoms with Gasteiger partial charge in [-0.25, -0.2) is 0 Å². The van der Waals surface area contributed by atoms with Crippen LogP contribution in [0.5, 0.6) is 0 Å². The summed E-state index contributed by atoms with van der Waals surface area (Å²) in [6.45, 7) is 9.03. The Labute approximate surface area is 86.7 Å². The van der Waals surface area contributed by atoms with Gasteiger partial charge in [0.05, 0.1) is 0 Å². The van der Waals surface area contributed by atoms with Gasteiger partial charge in [-0.05, 0) is 29.2 Å². The van der Waals surface area contributed by atoms with Crippen molar-refractivity contribution in [1.29, 1.82) is 0 Å². The first-order chi connectivity index (χ1) is 6.47. The lowest BCUT2D eigenvalue weighted by atomic mass is 9.85. The van der Waals surface area contributed by atoms with Crippen molar-refractivity contribution in [2.45, 2.75) is 39.3 Å². The van der Waals surface area contributed by atoms with Crippen LogP contribution in [0.2, 0.25) is 0 Å². The quantitative estimate of drug-likeness (QED) is 0.606. The minimum atomic E-state index is 0.274. The normalized spacial score (nSPS) is 17.1. The molecular weight excluding hydrogens is 170 g/mol. The molecule has 1 heteroatoms. The van der Waals surface area contributed by atoms with Gasteiger partial charge in [0.25, 0.3) is 0 Å². The van der Waals surface area contributed by atoms with Crippen LogP contribution in [-0.2, 0) is 18.5 Å². The van der Waals surface area contributed by atoms with Crippen LogP contribution < -0.4 is 0 Å². The van der Waals surface area contributed by atoms with E-state index in [2.05, 4.69) is 50.9 Å². The van der Waals surface area contributed by atoms with Crippen molar-refractivity contribution in [3.63, 3.8) is 0 Å². The van der Waals surface area contributed by atoms with Crippen LogP contribution >= 0.6 is 0 Å². The predicted octanol–water partition coefficient (Wildman–Crippen LogP) is 2.93. The van der Waals surface area contributed by atoms with Crippen molar-refractivity contribution in [2.75, 3.05) is 7.05 Å². The van der Waals surface area contributed by atoms with Crippen molar-refractivity contribution in [2.24, 2.45) is 0 Å². The Hall–Kier alpha value is -0.820. The van der Waals surface area contributed by atoms with Crippen molar-refractivity contribution >= 4 is 0 Å². The molecule has 1 heterocycles. The first-order valence-electron chi connectivity index (χ1n) is 5.27. The fourth-order valence-corrected chi connectivity index (χ4v) is 2.03. The van der Waals surface area contributed by atoms with Crippen LogP contribution in [0, 0.1) is 0 Å². The summed E-state index contributed by atoms with van der Waals surface area (Å²) in [5.74, 6) is 0. The van der Waals surface area contributed by atoms with Gasteiger partial charge < -0.3 is 0 Å². The van der Waals surface area contributed by atoms with Crippen LogP contribution in [0.4, 0.5) is 0 Å². The van der Waals surface area contributed by atoms with E-state index in [4.69, 9.17) is 0 Å². The van der Waals surface area contributed by atoms with Crippen molar-refractivity contribution in [3.05, 3.63) is 34.9 Å². The molecule has 1 aromatic rings. The SMILES string of the molecule is CN1Cc2ccc(C(C)(C)C)cc2C1. The highest BCUT2D eigenvalue weighted by molar-refractivity contribution is 5.37. The van der Waals surface area contributed by atoms with Crippen LogP contribution in [-0.4, -0.2) is 11.9 Å². The van der Waals surface area contributed by atoms with Gasteiger partial charge in [0, 0.05) is 13.1 Å². The molecule has 0 saturated carbocycles. The molecule has 0 N–H and O–H groups in total. The molecule has 0 radical (unpaired) electrons. The molecule has 1 aliphatic rings. The average molecular weight is 189 g/mol. The molecular formula is C13H19N. The molecule has 0 atom stereocenters. The largest absolute Gasteiger partial charge is 0.298 e. The van der Waals surface area contributed by atoms with E-state index in [0.717, 1.165) is 13.1 Å². The first kappa shape index (κ1) is 9.72. The van der Waals surface area contributed by atoms with Gasteiger partial charge in [-0.15, -0.1) is 0 Å². The summed E-state index contributed by atoms with van der Waals surface area (Å²) in [5.41, 5.74) is 4.74. The number of benzene rings is 1. The lowest BCUT2D eigenvalue weighted by molar-refractivity contribution is 0.353. The Morgan fingerprint density at radius 1 is 1.07 bits per heavy atom. The molecule has 14 heavy (non-hydrogen) atoms. The minimum absolute atomic E-state index is 0.274. The van der Waals surface area contributed by atoms with Gasteiger partial charge in [0.2, 0.25) is 0 Å². The average Bonchev–Trinajstić information content (AvgIpc) is 2.41. The molecule has 1 aliphatic heterocycles. The molecule has 0 saturated heterocycles. The summed E-state index contributed by atoms with van der Waals surface area (Å²) in [5, 5.41) is 0. The predicted molar refractivity (Wildman–Crippen MR) is 60.3 cm³/mol. The van der Waals surface area contributed by atoms with Crippen LogP contribution in [0.25, 0.3) is 0 Å². The third kappa shape index (κ3) is 1.69. The number of hydrogen-bond donors (Lipinski definition) is 0. The van der Waals surface area contributed by atoms with Gasteiger partial charge in [-0.2, -0.15) is 0 Å². The zero-order valence-electron chi connectivity index (χ0n) is 9.59. The van der Waals surface area contributed by atoms with Crippen molar-refractivity contribution in [1.82, 2.24) is 4.90 Å². The van der Waals surface area contributed by atoms with Gasteiger partial charge in [0.1, 0.15) is 0 Å². The minimum Gasteiger partial charge on any atom is -0.298 e. The molecule has 0 aliphatic carbocycles. The number of fused-ring (bicyclic) bond motifs is 1. The lowest BCUT2D eigenvalue weighted by Gasteiger charge is -2.19. The second kappa shape index (κ2) is 3.09. The van der Waals surface area contributed by atoms with E-state index in [9.17, 15) is 0 Å². The molecule has 2 rings (SSSR count). The molecule has 0 spiro atoms. The summed E-state index contributed by atoms with van der Waals surface area (Å²) in [6, 6.07) is 6.94. The highest BCUT2D eigenvalue weighted by Crippen LogP contribution is 2.28. The smallest absolute Gasteiger partial charge is 0.0237 e. The molecule has 0 amide bonds. The first-order valence-corrected chi connectivity index (χ1v) is 5.27. The Bertz CT molecular complexity index is 347. The third-order valence-electron chi connectivity index (χ3n) is 2.95. The summed E-state index contributed by atoms with van der Waals surface area (Å²) >= 11 is 0. The van der Waals surface area contributed by atoms with E-state index < -0.39 is 0 Å².